The minimum absolute atomic E-state index is 0.0713. The largest absolute Gasteiger partial charge is 0.444 e. The van der Waals surface area contributed by atoms with Crippen LogP contribution in [0, 0.1) is 5.92 Å². The predicted octanol–water partition coefficient (Wildman–Crippen LogP) is 4.24. The van der Waals surface area contributed by atoms with Gasteiger partial charge in [-0.3, -0.25) is 14.4 Å². The number of carbonyl (C=O) groups is 2. The minimum Gasteiger partial charge on any atom is -0.444 e. The number of aromatic nitrogens is 6. The minimum atomic E-state index is -2.72. The van der Waals surface area contributed by atoms with Crippen LogP contribution in [-0.4, -0.2) is 77.5 Å². The van der Waals surface area contributed by atoms with Crippen molar-refractivity contribution in [2.24, 2.45) is 13.0 Å². The third-order valence-electron chi connectivity index (χ3n) is 7.98. The summed E-state index contributed by atoms with van der Waals surface area (Å²) in [7, 11) is 3.30. The van der Waals surface area contributed by atoms with Crippen molar-refractivity contribution in [3.8, 4) is 0 Å². The number of imidazole rings is 1. The standard InChI is InChI=1S/C28H38F2N8O4/c1-27(2,3)42-26(40)37-13-9-18(41-5)14-22(37)19-15-32-38-16-20(34-25(38)33-19)23(17-6-10-28(29,30)11-7-17)35-24(39)21-8-12-31-36(21)4/h8,12,15-18,22-23H,6-7,9-11,13-14H2,1-5H3,(H,35,39)/t18?,22?,23-/m0/s1. The number of nitrogens with one attached hydrogen (secondary N) is 1. The van der Waals surface area contributed by atoms with Gasteiger partial charge in [-0.15, -0.1) is 0 Å². The number of methoxy groups -OCH3 is 1. The molecule has 0 aromatic carbocycles. The first kappa shape index (κ1) is 29.8. The first-order valence-electron chi connectivity index (χ1n) is 14.2. The SMILES string of the molecule is COC1CCN(C(=O)OC(C)(C)C)C(c2cnn3cc([C@@H](NC(=O)c4ccnn4C)C4CCC(F)(F)CC4)nc3n2)C1. The van der Waals surface area contributed by atoms with E-state index in [0.717, 1.165) is 0 Å². The molecule has 2 unspecified atom stereocenters. The number of halogens is 2. The Bertz CT molecular complexity index is 1420. The van der Waals surface area contributed by atoms with Crippen LogP contribution in [0.5, 0.6) is 0 Å². The Morgan fingerprint density at radius 2 is 1.88 bits per heavy atom. The van der Waals surface area contributed by atoms with Gasteiger partial charge in [0, 0.05) is 39.7 Å². The Labute approximate surface area is 242 Å². The zero-order chi connectivity index (χ0) is 30.2. The van der Waals surface area contributed by atoms with E-state index in [-0.39, 0.29) is 49.4 Å². The van der Waals surface area contributed by atoms with Gasteiger partial charge in [-0.25, -0.2) is 28.1 Å². The van der Waals surface area contributed by atoms with Crippen LogP contribution in [-0.2, 0) is 16.5 Å². The number of nitrogens with zero attached hydrogens (tertiary/aromatic N) is 7. The summed E-state index contributed by atoms with van der Waals surface area (Å²) in [6, 6.07) is 0.507. The number of aryl methyl sites for hydroxylation is 1. The molecule has 1 saturated heterocycles. The lowest BCUT2D eigenvalue weighted by Crippen LogP contribution is -2.45. The highest BCUT2D eigenvalue weighted by molar-refractivity contribution is 5.92. The van der Waals surface area contributed by atoms with E-state index in [1.165, 1.54) is 15.4 Å². The van der Waals surface area contributed by atoms with E-state index in [4.69, 9.17) is 19.4 Å². The predicted molar refractivity (Wildman–Crippen MR) is 147 cm³/mol. The number of likely N-dealkylation sites (tertiary alicyclic amines) is 1. The molecule has 2 fully saturated rings. The lowest BCUT2D eigenvalue weighted by Gasteiger charge is -2.39. The Morgan fingerprint density at radius 1 is 1.14 bits per heavy atom. The summed E-state index contributed by atoms with van der Waals surface area (Å²) in [6.07, 6.45) is 5.37. The molecule has 228 valence electrons. The van der Waals surface area contributed by atoms with Crippen molar-refractivity contribution in [1.29, 1.82) is 0 Å². The fourth-order valence-corrected chi connectivity index (χ4v) is 5.72. The maximum absolute atomic E-state index is 14.0. The van der Waals surface area contributed by atoms with Crippen molar-refractivity contribution in [2.75, 3.05) is 13.7 Å². The van der Waals surface area contributed by atoms with Crippen LogP contribution in [0.4, 0.5) is 13.6 Å². The molecule has 3 atom stereocenters. The summed E-state index contributed by atoms with van der Waals surface area (Å²) in [6.45, 7) is 5.88. The number of alkyl halides is 2. The van der Waals surface area contributed by atoms with Gasteiger partial charge in [0.25, 0.3) is 11.7 Å². The summed E-state index contributed by atoms with van der Waals surface area (Å²) in [5.74, 6) is -3.08. The quantitative estimate of drug-likeness (QED) is 0.453. The molecule has 3 aromatic heterocycles. The van der Waals surface area contributed by atoms with Crippen molar-refractivity contribution in [3.63, 3.8) is 0 Å². The topological polar surface area (TPSA) is 129 Å². The smallest absolute Gasteiger partial charge is 0.410 e. The average Bonchev–Trinajstić information content (AvgIpc) is 3.56. The number of carbonyl (C=O) groups excluding carboxylic acids is 2. The van der Waals surface area contributed by atoms with Gasteiger partial charge in [-0.2, -0.15) is 10.2 Å². The third-order valence-corrected chi connectivity index (χ3v) is 7.98. The molecular formula is C28H38F2N8O4. The maximum atomic E-state index is 14.0. The van der Waals surface area contributed by atoms with Gasteiger partial charge >= 0.3 is 6.09 Å². The third kappa shape index (κ3) is 6.53. The van der Waals surface area contributed by atoms with E-state index in [0.29, 0.717) is 36.5 Å². The second-order valence-corrected chi connectivity index (χ2v) is 12.1. The molecule has 4 heterocycles. The van der Waals surface area contributed by atoms with Gasteiger partial charge in [0.2, 0.25) is 5.92 Å². The highest BCUT2D eigenvalue weighted by atomic mass is 19.3. The molecular weight excluding hydrogens is 550 g/mol. The summed E-state index contributed by atoms with van der Waals surface area (Å²) in [4.78, 5) is 37.4. The summed E-state index contributed by atoms with van der Waals surface area (Å²) in [5.41, 5.74) is 0.682. The molecule has 42 heavy (non-hydrogen) atoms. The monoisotopic (exact) mass is 588 g/mol. The first-order valence-corrected chi connectivity index (χ1v) is 14.2. The normalized spacial score (nSPS) is 22.2. The molecule has 3 aromatic rings. The molecule has 1 aliphatic heterocycles. The van der Waals surface area contributed by atoms with Crippen molar-refractivity contribution in [2.45, 2.75) is 89.0 Å². The molecule has 2 amide bonds. The zero-order valence-corrected chi connectivity index (χ0v) is 24.6. The van der Waals surface area contributed by atoms with Crippen LogP contribution in [0.3, 0.4) is 0 Å². The first-order chi connectivity index (χ1) is 19.8. The number of amides is 2. The molecule has 1 aliphatic carbocycles. The van der Waals surface area contributed by atoms with Crippen LogP contribution < -0.4 is 5.32 Å². The molecule has 0 spiro atoms. The molecule has 14 heteroatoms. The molecule has 5 rings (SSSR count). The molecule has 1 saturated carbocycles. The number of piperidine rings is 1. The van der Waals surface area contributed by atoms with E-state index < -0.39 is 29.7 Å². The molecule has 0 bridgehead atoms. The fourth-order valence-electron chi connectivity index (χ4n) is 5.72. The van der Waals surface area contributed by atoms with Crippen LogP contribution in [0.15, 0.2) is 24.7 Å². The van der Waals surface area contributed by atoms with E-state index in [1.807, 2.05) is 20.8 Å². The number of hydrogen-bond acceptors (Lipinski definition) is 8. The van der Waals surface area contributed by atoms with Crippen LogP contribution >= 0.6 is 0 Å². The van der Waals surface area contributed by atoms with Crippen molar-refractivity contribution >= 4 is 17.8 Å². The van der Waals surface area contributed by atoms with E-state index in [9.17, 15) is 18.4 Å². The highest BCUT2D eigenvalue weighted by Crippen LogP contribution is 2.41. The number of ether oxygens (including phenoxy) is 2. The van der Waals surface area contributed by atoms with Gasteiger partial charge in [0.1, 0.15) is 11.3 Å². The van der Waals surface area contributed by atoms with Gasteiger partial charge in [0.05, 0.1) is 42.0 Å². The number of hydrogen-bond donors (Lipinski definition) is 1. The summed E-state index contributed by atoms with van der Waals surface area (Å²) >= 11 is 0. The lowest BCUT2D eigenvalue weighted by molar-refractivity contribution is -0.0495. The molecule has 0 radical (unpaired) electrons. The Morgan fingerprint density at radius 3 is 2.52 bits per heavy atom. The van der Waals surface area contributed by atoms with Gasteiger partial charge in [-0.05, 0) is 58.4 Å². The number of fused-ring (bicyclic) bond motifs is 1. The maximum Gasteiger partial charge on any atom is 0.410 e. The van der Waals surface area contributed by atoms with Gasteiger partial charge < -0.3 is 14.8 Å². The van der Waals surface area contributed by atoms with Crippen LogP contribution in [0.25, 0.3) is 5.78 Å². The van der Waals surface area contributed by atoms with Crippen molar-refractivity contribution in [3.05, 3.63) is 41.7 Å². The van der Waals surface area contributed by atoms with Crippen LogP contribution in [0.2, 0.25) is 0 Å². The van der Waals surface area contributed by atoms with Gasteiger partial charge in [-0.1, -0.05) is 0 Å². The summed E-state index contributed by atoms with van der Waals surface area (Å²) < 4.78 is 42.2. The highest BCUT2D eigenvalue weighted by Gasteiger charge is 2.40. The second-order valence-electron chi connectivity index (χ2n) is 12.1. The Kier molecular flexibility index (Phi) is 8.19. The Hall–Kier alpha value is -3.68. The lowest BCUT2D eigenvalue weighted by atomic mass is 9.81. The van der Waals surface area contributed by atoms with Crippen LogP contribution in [0.1, 0.15) is 93.3 Å². The van der Waals surface area contributed by atoms with Gasteiger partial charge in [0.15, 0.2) is 0 Å². The van der Waals surface area contributed by atoms with E-state index >= 15 is 0 Å². The number of rotatable bonds is 6. The molecule has 1 N–H and O–H groups in total. The zero-order valence-electron chi connectivity index (χ0n) is 24.6. The fraction of sp³-hybridized carbons (Fsp3) is 0.643. The summed E-state index contributed by atoms with van der Waals surface area (Å²) in [5, 5.41) is 11.6. The van der Waals surface area contributed by atoms with Crippen molar-refractivity contribution in [1.82, 2.24) is 39.6 Å². The Balaban J connectivity index is 1.46. The van der Waals surface area contributed by atoms with E-state index in [2.05, 4.69) is 15.5 Å². The van der Waals surface area contributed by atoms with E-state index in [1.54, 1.807) is 37.5 Å². The second kappa shape index (κ2) is 11.5. The molecule has 12 nitrogen and oxygen atoms in total. The van der Waals surface area contributed by atoms with Crippen molar-refractivity contribution < 1.29 is 27.8 Å². The molecule has 2 aliphatic rings. The average molecular weight is 589 g/mol.